The van der Waals surface area contributed by atoms with Crippen molar-refractivity contribution in [2.45, 2.75) is 13.3 Å². The van der Waals surface area contributed by atoms with Crippen molar-refractivity contribution in [2.24, 2.45) is 0 Å². The molecular formula is C17H22N4O4. The van der Waals surface area contributed by atoms with Crippen molar-refractivity contribution in [1.29, 1.82) is 0 Å². The number of amides is 1. The molecule has 0 aromatic carbocycles. The summed E-state index contributed by atoms with van der Waals surface area (Å²) in [4.78, 5) is 31.0. The third-order valence-corrected chi connectivity index (χ3v) is 4.23. The largest absolute Gasteiger partial charge is 0.493 e. The molecule has 0 bridgehead atoms. The number of aromatic nitrogens is 2. The van der Waals surface area contributed by atoms with Crippen LogP contribution in [0.1, 0.15) is 22.3 Å². The molecule has 8 nitrogen and oxygen atoms in total. The molecule has 134 valence electrons. The van der Waals surface area contributed by atoms with Gasteiger partial charge in [0.25, 0.3) is 11.5 Å². The third-order valence-electron chi connectivity index (χ3n) is 4.23. The maximum absolute atomic E-state index is 12.5. The zero-order valence-electron chi connectivity index (χ0n) is 14.2. The van der Waals surface area contributed by atoms with Gasteiger partial charge in [-0.1, -0.05) is 0 Å². The van der Waals surface area contributed by atoms with Crippen molar-refractivity contribution >= 4 is 11.6 Å². The fourth-order valence-corrected chi connectivity index (χ4v) is 2.84. The zero-order chi connectivity index (χ0) is 17.8. The first-order valence-corrected chi connectivity index (χ1v) is 8.36. The number of rotatable bonds is 5. The van der Waals surface area contributed by atoms with Crippen LogP contribution in [0.15, 0.2) is 23.1 Å². The molecule has 1 saturated heterocycles. The normalized spacial score (nSPS) is 15.4. The number of aromatic hydroxyl groups is 1. The van der Waals surface area contributed by atoms with Crippen molar-refractivity contribution in [1.82, 2.24) is 19.6 Å². The number of pyridine rings is 1. The summed E-state index contributed by atoms with van der Waals surface area (Å²) in [5, 5.41) is 12.7. The van der Waals surface area contributed by atoms with Crippen molar-refractivity contribution in [3.05, 3.63) is 39.8 Å². The van der Waals surface area contributed by atoms with E-state index in [1.807, 2.05) is 6.92 Å². The van der Waals surface area contributed by atoms with E-state index >= 15 is 0 Å². The van der Waals surface area contributed by atoms with Crippen LogP contribution in [0.25, 0.3) is 5.65 Å². The molecule has 0 saturated carbocycles. The fourth-order valence-electron chi connectivity index (χ4n) is 2.84. The lowest BCUT2D eigenvalue weighted by atomic mass is 10.2. The Morgan fingerprint density at radius 1 is 1.40 bits per heavy atom. The lowest BCUT2D eigenvalue weighted by molar-refractivity contribution is 0.0374. The lowest BCUT2D eigenvalue weighted by Gasteiger charge is -2.26. The highest BCUT2D eigenvalue weighted by atomic mass is 16.5. The Hall–Kier alpha value is -2.45. The maximum Gasteiger partial charge on any atom is 0.274 e. The number of fused-ring (bicyclic) bond motifs is 1. The van der Waals surface area contributed by atoms with Gasteiger partial charge in [0.1, 0.15) is 5.65 Å². The summed E-state index contributed by atoms with van der Waals surface area (Å²) in [5.74, 6) is -1.15. The van der Waals surface area contributed by atoms with Crippen LogP contribution in [-0.4, -0.2) is 64.7 Å². The highest BCUT2D eigenvalue weighted by Crippen LogP contribution is 2.12. The Morgan fingerprint density at radius 3 is 2.92 bits per heavy atom. The Kier molecular flexibility index (Phi) is 5.30. The quantitative estimate of drug-likeness (QED) is 0.749. The number of hydrogen-bond donors (Lipinski definition) is 2. The maximum atomic E-state index is 12.5. The number of ether oxygens (including phenoxy) is 1. The first kappa shape index (κ1) is 17.4. The number of carbonyl (C=O) groups is 1. The highest BCUT2D eigenvalue weighted by Gasteiger charge is 2.19. The van der Waals surface area contributed by atoms with Crippen molar-refractivity contribution < 1.29 is 14.6 Å². The minimum atomic E-state index is -0.605. The number of carbonyl (C=O) groups excluding carboxylic acids is 1. The first-order valence-electron chi connectivity index (χ1n) is 8.36. The number of nitrogens with one attached hydrogen (secondary N) is 1. The predicted octanol–water partition coefficient (Wildman–Crippen LogP) is 0.161. The van der Waals surface area contributed by atoms with Gasteiger partial charge in [0, 0.05) is 25.8 Å². The molecule has 0 unspecified atom stereocenters. The van der Waals surface area contributed by atoms with Gasteiger partial charge in [0.2, 0.25) is 5.88 Å². The lowest BCUT2D eigenvalue weighted by Crippen LogP contribution is -2.38. The standard InChI is InChI=1S/C17H22N4O4/c1-12-3-6-21-13(11-12)19-16(23)14(17(21)24)15(22)18-4-2-5-20-7-9-25-10-8-20/h3,6,11,23H,2,4-5,7-10H2,1H3,(H,18,22). The average molecular weight is 346 g/mol. The smallest absolute Gasteiger partial charge is 0.274 e. The van der Waals surface area contributed by atoms with Gasteiger partial charge < -0.3 is 15.2 Å². The highest BCUT2D eigenvalue weighted by molar-refractivity contribution is 5.96. The summed E-state index contributed by atoms with van der Waals surface area (Å²) in [6.07, 6.45) is 2.31. The van der Waals surface area contributed by atoms with Crippen LogP contribution >= 0.6 is 0 Å². The van der Waals surface area contributed by atoms with Gasteiger partial charge >= 0.3 is 0 Å². The molecule has 8 heteroatoms. The Bertz CT molecular complexity index is 827. The molecule has 0 radical (unpaired) electrons. The molecule has 3 heterocycles. The van der Waals surface area contributed by atoms with Crippen molar-refractivity contribution in [2.75, 3.05) is 39.4 Å². The number of morpholine rings is 1. The van der Waals surface area contributed by atoms with E-state index in [1.165, 1.54) is 4.40 Å². The molecule has 0 aliphatic carbocycles. The molecule has 0 atom stereocenters. The molecular weight excluding hydrogens is 324 g/mol. The van der Waals surface area contributed by atoms with E-state index in [1.54, 1.807) is 18.3 Å². The van der Waals surface area contributed by atoms with Crippen LogP contribution < -0.4 is 10.9 Å². The van der Waals surface area contributed by atoms with E-state index in [0.717, 1.165) is 44.8 Å². The molecule has 2 N–H and O–H groups in total. The predicted molar refractivity (Wildman–Crippen MR) is 92.1 cm³/mol. The number of hydrogen-bond acceptors (Lipinski definition) is 6. The second-order valence-corrected chi connectivity index (χ2v) is 6.11. The first-order chi connectivity index (χ1) is 12.1. The zero-order valence-corrected chi connectivity index (χ0v) is 14.2. The van der Waals surface area contributed by atoms with Crippen LogP contribution in [0.4, 0.5) is 0 Å². The van der Waals surface area contributed by atoms with Crippen molar-refractivity contribution in [3.63, 3.8) is 0 Å². The van der Waals surface area contributed by atoms with E-state index < -0.39 is 17.3 Å². The van der Waals surface area contributed by atoms with E-state index in [0.29, 0.717) is 12.2 Å². The van der Waals surface area contributed by atoms with Gasteiger partial charge in [-0.2, -0.15) is 4.98 Å². The summed E-state index contributed by atoms with van der Waals surface area (Å²) in [6.45, 7) is 6.39. The van der Waals surface area contributed by atoms with Crippen LogP contribution in [-0.2, 0) is 4.74 Å². The molecule has 1 aliphatic rings. The molecule has 2 aromatic rings. The van der Waals surface area contributed by atoms with Crippen LogP contribution in [0.3, 0.4) is 0 Å². The SMILES string of the molecule is Cc1ccn2c(=O)c(C(=O)NCCCN3CCOCC3)c(O)nc2c1. The van der Waals surface area contributed by atoms with Crippen LogP contribution in [0.5, 0.6) is 5.88 Å². The topological polar surface area (TPSA) is 96.2 Å². The molecule has 3 rings (SSSR count). The Balaban J connectivity index is 1.65. The minimum Gasteiger partial charge on any atom is -0.493 e. The molecule has 25 heavy (non-hydrogen) atoms. The van der Waals surface area contributed by atoms with Crippen molar-refractivity contribution in [3.8, 4) is 5.88 Å². The van der Waals surface area contributed by atoms with E-state index in [-0.39, 0.29) is 5.56 Å². The van der Waals surface area contributed by atoms with E-state index in [2.05, 4.69) is 15.2 Å². The van der Waals surface area contributed by atoms with Gasteiger partial charge in [-0.25, -0.2) is 0 Å². The monoisotopic (exact) mass is 346 g/mol. The molecule has 1 amide bonds. The molecule has 1 fully saturated rings. The minimum absolute atomic E-state index is 0.311. The second-order valence-electron chi connectivity index (χ2n) is 6.11. The molecule has 1 aliphatic heterocycles. The Morgan fingerprint density at radius 2 is 2.16 bits per heavy atom. The summed E-state index contributed by atoms with van der Waals surface area (Å²) in [6, 6.07) is 3.42. The van der Waals surface area contributed by atoms with Gasteiger partial charge in [-0.05, 0) is 37.6 Å². The van der Waals surface area contributed by atoms with E-state index in [4.69, 9.17) is 4.74 Å². The van der Waals surface area contributed by atoms with Gasteiger partial charge in [-0.15, -0.1) is 0 Å². The van der Waals surface area contributed by atoms with E-state index in [9.17, 15) is 14.7 Å². The molecule has 2 aromatic heterocycles. The van der Waals surface area contributed by atoms with Crippen LogP contribution in [0.2, 0.25) is 0 Å². The number of aryl methyl sites for hydroxylation is 1. The summed E-state index contributed by atoms with van der Waals surface area (Å²) < 4.78 is 6.55. The summed E-state index contributed by atoms with van der Waals surface area (Å²) >= 11 is 0. The number of nitrogens with zero attached hydrogens (tertiary/aromatic N) is 3. The Labute approximate surface area is 145 Å². The second kappa shape index (κ2) is 7.62. The van der Waals surface area contributed by atoms with Gasteiger partial charge in [-0.3, -0.25) is 18.9 Å². The summed E-state index contributed by atoms with van der Waals surface area (Å²) in [5.41, 5.74) is 0.318. The third kappa shape index (κ3) is 3.97. The summed E-state index contributed by atoms with van der Waals surface area (Å²) in [7, 11) is 0. The average Bonchev–Trinajstić information content (AvgIpc) is 2.59. The van der Waals surface area contributed by atoms with Gasteiger partial charge in [0.05, 0.1) is 13.2 Å². The van der Waals surface area contributed by atoms with Gasteiger partial charge in [0.15, 0.2) is 5.56 Å². The fraction of sp³-hybridized carbons (Fsp3) is 0.471. The van der Waals surface area contributed by atoms with Crippen LogP contribution in [0, 0.1) is 6.92 Å². The molecule has 0 spiro atoms.